The second kappa shape index (κ2) is 2.44. The number of hydrogen-bond donors (Lipinski definition) is 0. The van der Waals surface area contributed by atoms with Crippen LogP contribution in [0.1, 0.15) is 16.7 Å². The highest BCUT2D eigenvalue weighted by Gasteiger charge is 2.25. The van der Waals surface area contributed by atoms with E-state index in [2.05, 4.69) is 5.16 Å². The summed E-state index contributed by atoms with van der Waals surface area (Å²) in [7, 11) is 0. The molecule has 0 unspecified atom stereocenters. The smallest absolute Gasteiger partial charge is 0.170 e. The molecule has 14 heavy (non-hydrogen) atoms. The minimum Gasteiger partial charge on any atom is -0.356 e. The summed E-state index contributed by atoms with van der Waals surface area (Å²) in [5, 5.41) is 3.73. The molecule has 0 aliphatic heterocycles. The minimum atomic E-state index is -0.151. The molecule has 0 N–H and O–H groups in total. The zero-order valence-corrected chi connectivity index (χ0v) is 7.67. The Kier molecular flexibility index (Phi) is 1.35. The molecule has 1 aromatic carbocycles. The Morgan fingerprint density at radius 1 is 1.43 bits per heavy atom. The van der Waals surface area contributed by atoms with E-state index in [0.717, 1.165) is 28.9 Å². The summed E-state index contributed by atoms with van der Waals surface area (Å²) in [5.74, 6) is 0.643. The van der Waals surface area contributed by atoms with Gasteiger partial charge in [0.2, 0.25) is 0 Å². The Balaban J connectivity index is 2.32. The first-order chi connectivity index (χ1) is 6.77. The molecule has 0 atom stereocenters. The van der Waals surface area contributed by atoms with Crippen LogP contribution < -0.4 is 0 Å². The van der Waals surface area contributed by atoms with Crippen LogP contribution in [0.5, 0.6) is 0 Å². The highest BCUT2D eigenvalue weighted by Crippen LogP contribution is 2.38. The highest BCUT2D eigenvalue weighted by atomic mass is 19.1. The topological polar surface area (TPSA) is 26.0 Å². The van der Waals surface area contributed by atoms with Gasteiger partial charge in [-0.3, -0.25) is 0 Å². The summed E-state index contributed by atoms with van der Waals surface area (Å²) < 4.78 is 18.4. The van der Waals surface area contributed by atoms with Crippen molar-refractivity contribution in [1.29, 1.82) is 0 Å². The summed E-state index contributed by atoms with van der Waals surface area (Å²) >= 11 is 0. The van der Waals surface area contributed by atoms with Crippen LogP contribution in [0.25, 0.3) is 11.3 Å². The summed E-state index contributed by atoms with van der Waals surface area (Å²) in [4.78, 5) is 0. The summed E-state index contributed by atoms with van der Waals surface area (Å²) in [6.07, 6.45) is 2.43. The molecule has 0 bridgehead atoms. The molecule has 1 aliphatic rings. The quantitative estimate of drug-likeness (QED) is 0.543. The third-order valence-corrected chi connectivity index (χ3v) is 2.79. The number of aromatic nitrogens is 1. The van der Waals surface area contributed by atoms with Gasteiger partial charge in [-0.05, 0) is 30.2 Å². The predicted molar refractivity (Wildman–Crippen MR) is 49.4 cm³/mol. The van der Waals surface area contributed by atoms with Gasteiger partial charge in [0.15, 0.2) is 5.76 Å². The van der Waals surface area contributed by atoms with Crippen LogP contribution in [0.15, 0.2) is 22.9 Å². The van der Waals surface area contributed by atoms with Crippen molar-refractivity contribution in [2.75, 3.05) is 0 Å². The van der Waals surface area contributed by atoms with Crippen molar-refractivity contribution >= 4 is 0 Å². The van der Waals surface area contributed by atoms with Gasteiger partial charge in [-0.25, -0.2) is 4.39 Å². The maximum absolute atomic E-state index is 13.3. The number of rotatable bonds is 0. The van der Waals surface area contributed by atoms with Gasteiger partial charge in [0, 0.05) is 17.5 Å². The number of hydrogen-bond acceptors (Lipinski definition) is 2. The third kappa shape index (κ3) is 0.816. The van der Waals surface area contributed by atoms with Gasteiger partial charge < -0.3 is 4.52 Å². The fourth-order valence-corrected chi connectivity index (χ4v) is 1.97. The number of fused-ring (bicyclic) bond motifs is 3. The molecule has 0 saturated carbocycles. The molecular formula is C11H8FNO. The lowest BCUT2D eigenvalue weighted by Gasteiger charge is -2.03. The lowest BCUT2D eigenvalue weighted by atomic mass is 10.0. The lowest BCUT2D eigenvalue weighted by Crippen LogP contribution is -1.91. The molecule has 0 radical (unpaired) electrons. The first-order valence-corrected chi connectivity index (χ1v) is 4.49. The summed E-state index contributed by atoms with van der Waals surface area (Å²) in [5.41, 5.74) is 3.78. The third-order valence-electron chi connectivity index (χ3n) is 2.79. The van der Waals surface area contributed by atoms with Crippen molar-refractivity contribution in [3.63, 3.8) is 0 Å². The average molecular weight is 189 g/mol. The van der Waals surface area contributed by atoms with E-state index in [-0.39, 0.29) is 5.82 Å². The minimum absolute atomic E-state index is 0.151. The number of halogens is 1. The first-order valence-electron chi connectivity index (χ1n) is 4.49. The molecule has 2 aromatic rings. The first kappa shape index (κ1) is 7.74. The van der Waals surface area contributed by atoms with Gasteiger partial charge in [0.05, 0.1) is 6.20 Å². The zero-order valence-electron chi connectivity index (χ0n) is 7.67. The number of benzene rings is 1. The molecule has 0 amide bonds. The van der Waals surface area contributed by atoms with Gasteiger partial charge in [-0.1, -0.05) is 5.16 Å². The average Bonchev–Trinajstić information content (AvgIpc) is 2.71. The number of nitrogens with zero attached hydrogens (tertiary/aromatic N) is 1. The maximum atomic E-state index is 13.3. The van der Waals surface area contributed by atoms with E-state index >= 15 is 0 Å². The molecule has 3 heteroatoms. The van der Waals surface area contributed by atoms with E-state index in [1.165, 1.54) is 6.07 Å². The fourth-order valence-electron chi connectivity index (χ4n) is 1.97. The van der Waals surface area contributed by atoms with Crippen LogP contribution >= 0.6 is 0 Å². The second-order valence-corrected chi connectivity index (χ2v) is 3.56. The van der Waals surface area contributed by atoms with Crippen molar-refractivity contribution < 1.29 is 8.91 Å². The van der Waals surface area contributed by atoms with Crippen molar-refractivity contribution in [3.05, 3.63) is 40.8 Å². The Labute approximate surface area is 80.3 Å². The Morgan fingerprint density at radius 3 is 3.14 bits per heavy atom. The molecule has 2 nitrogen and oxygen atoms in total. The standard InChI is InChI=1S/C11H8FNO/c1-6-9-4-7-5-13-14-11(7)8(9)2-3-10(6)12/h2-3,5H,4H2,1H3. The lowest BCUT2D eigenvalue weighted by molar-refractivity contribution is 0.432. The van der Waals surface area contributed by atoms with Crippen LogP contribution in [0.3, 0.4) is 0 Å². The van der Waals surface area contributed by atoms with Gasteiger partial charge in [0.25, 0.3) is 0 Å². The Morgan fingerprint density at radius 2 is 2.29 bits per heavy atom. The molecule has 3 rings (SSSR count). The predicted octanol–water partition coefficient (Wildman–Crippen LogP) is 2.69. The molecule has 70 valence electrons. The zero-order chi connectivity index (χ0) is 9.71. The van der Waals surface area contributed by atoms with E-state index in [9.17, 15) is 4.39 Å². The Bertz CT molecular complexity index is 516. The van der Waals surface area contributed by atoms with Crippen LogP contribution in [-0.2, 0) is 6.42 Å². The molecule has 1 heterocycles. The highest BCUT2D eigenvalue weighted by molar-refractivity contribution is 5.73. The van der Waals surface area contributed by atoms with Crippen molar-refractivity contribution in [1.82, 2.24) is 5.16 Å². The largest absolute Gasteiger partial charge is 0.356 e. The van der Waals surface area contributed by atoms with Crippen LogP contribution in [0.2, 0.25) is 0 Å². The maximum Gasteiger partial charge on any atom is 0.170 e. The second-order valence-electron chi connectivity index (χ2n) is 3.56. The Hall–Kier alpha value is -1.64. The van der Waals surface area contributed by atoms with Crippen LogP contribution in [-0.4, -0.2) is 5.16 Å². The molecule has 1 aliphatic carbocycles. The van der Waals surface area contributed by atoms with E-state index in [1.54, 1.807) is 19.2 Å². The molecule has 0 saturated heterocycles. The van der Waals surface area contributed by atoms with Crippen LogP contribution in [0.4, 0.5) is 4.39 Å². The van der Waals surface area contributed by atoms with E-state index in [0.29, 0.717) is 5.56 Å². The summed E-state index contributed by atoms with van der Waals surface area (Å²) in [6, 6.07) is 3.24. The van der Waals surface area contributed by atoms with E-state index in [4.69, 9.17) is 4.52 Å². The molecular weight excluding hydrogens is 181 g/mol. The normalized spacial score (nSPS) is 12.7. The van der Waals surface area contributed by atoms with E-state index in [1.807, 2.05) is 0 Å². The van der Waals surface area contributed by atoms with Crippen molar-refractivity contribution in [2.45, 2.75) is 13.3 Å². The fraction of sp³-hybridized carbons (Fsp3) is 0.182. The molecule has 0 fully saturated rings. The molecule has 0 spiro atoms. The van der Waals surface area contributed by atoms with Crippen LogP contribution in [0, 0.1) is 12.7 Å². The van der Waals surface area contributed by atoms with Gasteiger partial charge in [-0.2, -0.15) is 0 Å². The van der Waals surface area contributed by atoms with Gasteiger partial charge in [-0.15, -0.1) is 0 Å². The van der Waals surface area contributed by atoms with Crippen molar-refractivity contribution in [2.24, 2.45) is 0 Å². The SMILES string of the molecule is Cc1c(F)ccc2c1Cc1cnoc1-2. The monoisotopic (exact) mass is 189 g/mol. The molecule has 1 aromatic heterocycles. The van der Waals surface area contributed by atoms with E-state index < -0.39 is 0 Å². The summed E-state index contributed by atoms with van der Waals surface area (Å²) in [6.45, 7) is 1.80. The van der Waals surface area contributed by atoms with Gasteiger partial charge >= 0.3 is 0 Å². The van der Waals surface area contributed by atoms with Crippen molar-refractivity contribution in [3.8, 4) is 11.3 Å². The van der Waals surface area contributed by atoms with Gasteiger partial charge in [0.1, 0.15) is 5.82 Å².